The number of amides is 12. The van der Waals surface area contributed by atoms with E-state index in [1.54, 1.807) is 0 Å². The lowest BCUT2D eigenvalue weighted by Gasteiger charge is -2.28. The number of nitrogens with two attached hydrogens (primary N) is 17. The van der Waals surface area contributed by atoms with Crippen molar-refractivity contribution in [2.45, 2.75) is 214 Å². The van der Waals surface area contributed by atoms with E-state index in [9.17, 15) is 72.5 Å². The van der Waals surface area contributed by atoms with Crippen molar-refractivity contribution in [1.82, 2.24) is 53.2 Å². The minimum atomic E-state index is -1.75. The average Bonchev–Trinajstić information content (AvgIpc) is 0.861. The number of aromatic hydroxyl groups is 1. The standard InChI is InChI=1S/C67H123N33O15/c68-27-3-1-11-39(93-54(107)42(14-6-30-86-63(75)76)97-59(112)46(23-25-49(71)102)91-51(104)38(70)35-36-19-21-37(101)22-20-36)52(105)92-40(12-2-4-28-69)53(106)94-41(13-5-29-85-62(73)74)55(108)95-44(16-8-32-88-65(79)80)57(110)99-47(24-26-50(72)103)60(113)98-43(15-7-31-87-64(77)78)56(109)96-45(17-9-33-89-66(81)82)58(111)100-48(61(114)115)18-10-34-90-67(83)84/h19-22,38-48,101H,1-18,23-35,68-70H2,(H2,71,102)(H2,72,103)(H,91,104)(H,92,105)(H,93,107)(H,94,106)(H,95,108)(H,96,109)(H,97,112)(H,98,113)(H,99,110)(H,100,111)(H,114,115)(H4,73,74,85)(H4,75,76,86)(H4,77,78,87)(H4,79,80,88)(H4,81,82,89)(H4,83,84,90)/t38-,39-,40-,41-,42-,43-,44-,45-,46-,47-,48-/m0/s1. The summed E-state index contributed by atoms with van der Waals surface area (Å²) in [7, 11) is 0. The highest BCUT2D eigenvalue weighted by Gasteiger charge is 2.37. The molecule has 12 amide bonds. The Kier molecular flexibility index (Phi) is 49.7. The van der Waals surface area contributed by atoms with Crippen molar-refractivity contribution in [1.29, 1.82) is 0 Å². The maximum absolute atomic E-state index is 14.9. The second kappa shape index (κ2) is 56.8. The van der Waals surface area contributed by atoms with Crippen molar-refractivity contribution in [3.63, 3.8) is 0 Å². The highest BCUT2D eigenvalue weighted by molar-refractivity contribution is 5.99. The Morgan fingerprint density at radius 1 is 0.287 bits per heavy atom. The monoisotopic (exact) mass is 1630 g/mol. The number of guanidine groups is 6. The second-order valence-corrected chi connectivity index (χ2v) is 26.7. The van der Waals surface area contributed by atoms with E-state index < -0.39 is 163 Å². The number of phenolic OH excluding ortho intramolecular Hbond substituents is 1. The van der Waals surface area contributed by atoms with Gasteiger partial charge in [-0.2, -0.15) is 0 Å². The smallest absolute Gasteiger partial charge is 0.326 e. The molecule has 0 aliphatic carbocycles. The van der Waals surface area contributed by atoms with Crippen LogP contribution in [0.2, 0.25) is 0 Å². The molecule has 1 rings (SSSR count). The number of aliphatic imine (C=N–C) groups is 6. The van der Waals surface area contributed by atoms with E-state index in [0.29, 0.717) is 18.4 Å². The van der Waals surface area contributed by atoms with Gasteiger partial charge in [-0.15, -0.1) is 0 Å². The molecule has 0 aliphatic rings. The molecule has 0 saturated carbocycles. The fraction of sp³-hybridized carbons (Fsp3) is 0.627. The number of carboxylic acid groups (broad SMARTS) is 1. The highest BCUT2D eigenvalue weighted by atomic mass is 16.4. The SMILES string of the molecule is NCCCC[C@H](NC(=O)[C@H](CCCCN)NC(=O)[C@H](CCCN=C(N)N)NC(=O)[C@H](CCC(N)=O)NC(=O)[C@@H](N)Cc1ccc(O)cc1)C(=O)N[C@@H](CCCN=C(N)N)C(=O)N[C@@H](CCCN=C(N)N)C(=O)N[C@@H](CCC(N)=O)C(=O)N[C@@H](CCCN=C(N)N)C(=O)N[C@@H](CCCN=C(N)N)C(=O)N[C@@H](CCCN=C(N)N)C(=O)O. The Morgan fingerprint density at radius 2 is 0.487 bits per heavy atom. The van der Waals surface area contributed by atoms with Crippen molar-refractivity contribution in [3.8, 4) is 5.75 Å². The lowest BCUT2D eigenvalue weighted by molar-refractivity contribution is -0.142. The Morgan fingerprint density at radius 3 is 0.696 bits per heavy atom. The van der Waals surface area contributed by atoms with E-state index >= 15 is 0 Å². The van der Waals surface area contributed by atoms with Gasteiger partial charge < -0.3 is 161 Å². The minimum absolute atomic E-state index is 0.0130. The molecule has 46 N–H and O–H groups in total. The first-order chi connectivity index (χ1) is 54.4. The van der Waals surface area contributed by atoms with Crippen LogP contribution in [-0.2, 0) is 68.7 Å². The van der Waals surface area contributed by atoms with Crippen molar-refractivity contribution >= 4 is 113 Å². The van der Waals surface area contributed by atoms with Crippen LogP contribution in [0.25, 0.3) is 0 Å². The van der Waals surface area contributed by atoms with Gasteiger partial charge in [-0.1, -0.05) is 12.1 Å². The van der Waals surface area contributed by atoms with Crippen LogP contribution in [0.15, 0.2) is 54.2 Å². The fourth-order valence-electron chi connectivity index (χ4n) is 11.0. The quantitative estimate of drug-likeness (QED) is 0.0164. The van der Waals surface area contributed by atoms with Gasteiger partial charge in [0.25, 0.3) is 0 Å². The lowest BCUT2D eigenvalue weighted by Crippen LogP contribution is -2.60. The molecule has 0 aromatic heterocycles. The molecule has 0 saturated heterocycles. The zero-order valence-corrected chi connectivity index (χ0v) is 64.8. The number of primary amides is 2. The predicted octanol–water partition coefficient (Wildman–Crippen LogP) is -11.7. The maximum atomic E-state index is 14.9. The predicted molar refractivity (Wildman–Crippen MR) is 429 cm³/mol. The summed E-state index contributed by atoms with van der Waals surface area (Å²) in [4.78, 5) is 205. The number of nitrogens with one attached hydrogen (secondary N) is 10. The molecule has 48 nitrogen and oxygen atoms in total. The molecule has 0 heterocycles. The first-order valence-electron chi connectivity index (χ1n) is 37.5. The van der Waals surface area contributed by atoms with Gasteiger partial charge in [-0.25, -0.2) is 4.79 Å². The van der Waals surface area contributed by atoms with E-state index in [0.717, 1.165) is 0 Å². The topological polar surface area (TPSA) is 899 Å². The molecule has 48 heteroatoms. The van der Waals surface area contributed by atoms with Crippen LogP contribution in [0.1, 0.15) is 147 Å². The van der Waals surface area contributed by atoms with Crippen LogP contribution in [0.3, 0.4) is 0 Å². The van der Waals surface area contributed by atoms with Crippen LogP contribution in [-0.4, -0.2) is 242 Å². The first kappa shape index (κ1) is 101. The van der Waals surface area contributed by atoms with Crippen LogP contribution < -0.4 is 151 Å². The summed E-state index contributed by atoms with van der Waals surface area (Å²) in [5.41, 5.74) is 96.0. The Bertz CT molecular complexity index is 3470. The molecule has 0 unspecified atom stereocenters. The number of carboxylic acids is 1. The summed E-state index contributed by atoms with van der Waals surface area (Å²) < 4.78 is 0. The number of benzene rings is 1. The van der Waals surface area contributed by atoms with Crippen molar-refractivity contribution in [3.05, 3.63) is 29.8 Å². The molecule has 0 fully saturated rings. The van der Waals surface area contributed by atoms with Crippen LogP contribution >= 0.6 is 0 Å². The van der Waals surface area contributed by atoms with E-state index in [2.05, 4.69) is 83.1 Å². The summed E-state index contributed by atoms with van der Waals surface area (Å²) in [5, 5.41) is 45.4. The normalized spacial score (nSPS) is 13.7. The number of carbonyl (C=O) groups is 13. The number of carbonyl (C=O) groups excluding carboxylic acids is 12. The third-order valence-electron chi connectivity index (χ3n) is 17.0. The minimum Gasteiger partial charge on any atom is -0.508 e. The summed E-state index contributed by atoms with van der Waals surface area (Å²) in [5.74, 6) is -14.9. The Balaban J connectivity index is 3.99. The van der Waals surface area contributed by atoms with Crippen LogP contribution in [0.5, 0.6) is 5.75 Å². The van der Waals surface area contributed by atoms with Gasteiger partial charge in [0.2, 0.25) is 70.9 Å². The van der Waals surface area contributed by atoms with Crippen molar-refractivity contribution in [2.75, 3.05) is 52.4 Å². The molecule has 0 aliphatic heterocycles. The number of hydrogen-bond donors (Lipinski definition) is 29. The van der Waals surface area contributed by atoms with Gasteiger partial charge in [0.1, 0.15) is 66.2 Å². The number of rotatable bonds is 61. The van der Waals surface area contributed by atoms with E-state index in [1.165, 1.54) is 24.3 Å². The van der Waals surface area contributed by atoms with Crippen molar-refractivity contribution < 1.29 is 72.5 Å². The first-order valence-corrected chi connectivity index (χ1v) is 37.5. The zero-order chi connectivity index (χ0) is 86.5. The number of hydrogen-bond acceptors (Lipinski definition) is 23. The Labute approximate surface area is 665 Å². The van der Waals surface area contributed by atoms with Crippen molar-refractivity contribution in [2.24, 2.45) is 127 Å². The third kappa shape index (κ3) is 46.3. The second-order valence-electron chi connectivity index (χ2n) is 26.7. The number of aliphatic carboxylic acids is 1. The third-order valence-corrected chi connectivity index (χ3v) is 17.0. The molecular weight excluding hydrogens is 1510 g/mol. The van der Waals surface area contributed by atoms with E-state index in [1.807, 2.05) is 0 Å². The highest BCUT2D eigenvalue weighted by Crippen LogP contribution is 2.15. The number of unbranched alkanes of at least 4 members (excludes halogenated alkanes) is 2. The van der Waals surface area contributed by atoms with Gasteiger partial charge in [-0.3, -0.25) is 87.5 Å². The maximum Gasteiger partial charge on any atom is 0.326 e. The molecule has 0 spiro atoms. The summed E-state index contributed by atoms with van der Waals surface area (Å²) >= 11 is 0. The van der Waals surface area contributed by atoms with Gasteiger partial charge in [0.05, 0.1) is 6.04 Å². The Hall–Kier alpha value is -12.4. The lowest BCUT2D eigenvalue weighted by atomic mass is 10.0. The van der Waals surface area contributed by atoms with Gasteiger partial charge in [0.15, 0.2) is 35.8 Å². The number of nitrogens with zero attached hydrogens (tertiary/aromatic N) is 6. The largest absolute Gasteiger partial charge is 0.508 e. The van der Waals surface area contributed by atoms with Gasteiger partial charge in [-0.05, 0) is 166 Å². The summed E-state index contributed by atoms with van der Waals surface area (Å²) in [6.45, 7) is -0.131. The fourth-order valence-corrected chi connectivity index (χ4v) is 11.0. The molecule has 11 atom stereocenters. The summed E-state index contributed by atoms with van der Waals surface area (Å²) in [6.07, 6.45) is -2.26. The molecule has 1 aromatic carbocycles. The van der Waals surface area contributed by atoms with Gasteiger partial charge >= 0.3 is 5.97 Å². The molecular formula is C67H123N33O15. The number of phenols is 1. The van der Waals surface area contributed by atoms with Gasteiger partial charge in [0, 0.05) is 52.1 Å². The molecule has 646 valence electrons. The van der Waals surface area contributed by atoms with E-state index in [4.69, 9.17) is 97.5 Å². The van der Waals surface area contributed by atoms with Crippen LogP contribution in [0, 0.1) is 0 Å². The molecule has 115 heavy (non-hydrogen) atoms. The summed E-state index contributed by atoms with van der Waals surface area (Å²) in [6, 6.07) is -11.0. The zero-order valence-electron chi connectivity index (χ0n) is 64.8. The van der Waals surface area contributed by atoms with E-state index in [-0.39, 0.29) is 209 Å². The molecule has 0 bridgehead atoms. The van der Waals surface area contributed by atoms with Crippen LogP contribution in [0.4, 0.5) is 0 Å². The molecule has 1 aromatic rings. The molecule has 0 radical (unpaired) electrons. The average molecular weight is 1630 g/mol.